The number of nitrogens with zero attached hydrogens (tertiary/aromatic N) is 1. The molecule has 3 nitrogen and oxygen atoms in total. The number of likely N-dealkylation sites (N-methyl/N-ethyl adjacent to an activating group) is 1. The second-order valence-electron chi connectivity index (χ2n) is 6.23. The maximum atomic E-state index is 10.2. The van der Waals surface area contributed by atoms with Gasteiger partial charge in [0, 0.05) is 18.6 Å². The molecule has 2 N–H and O–H groups in total. The number of rotatable bonds is 9. The van der Waals surface area contributed by atoms with Crippen LogP contribution in [-0.2, 0) is 5.54 Å². The molecule has 0 heterocycles. The molecule has 1 aromatic rings. The van der Waals surface area contributed by atoms with Crippen molar-refractivity contribution in [2.75, 3.05) is 19.7 Å². The van der Waals surface area contributed by atoms with Gasteiger partial charge in [0.25, 0.3) is 0 Å². The molecule has 0 amide bonds. The van der Waals surface area contributed by atoms with Crippen LogP contribution in [0.1, 0.15) is 46.6 Å². The number of nitrogens with one attached hydrogen (secondary N) is 1. The van der Waals surface area contributed by atoms with Crippen LogP contribution in [0.2, 0.25) is 0 Å². The average Bonchev–Trinajstić information content (AvgIpc) is 2.51. The molecule has 0 spiro atoms. The van der Waals surface area contributed by atoms with Gasteiger partial charge in [0.05, 0.1) is 12.1 Å². The number of benzene rings is 1. The van der Waals surface area contributed by atoms with Gasteiger partial charge in [0.15, 0.2) is 0 Å². The zero-order valence-electron chi connectivity index (χ0n) is 14.3. The smallest absolute Gasteiger partial charge is 0.0799 e. The Balaban J connectivity index is 3.11. The van der Waals surface area contributed by atoms with Gasteiger partial charge in [-0.3, -0.25) is 4.90 Å². The first-order valence-corrected chi connectivity index (χ1v) is 8.17. The van der Waals surface area contributed by atoms with Gasteiger partial charge in [-0.25, -0.2) is 0 Å². The number of hydrogen-bond donors (Lipinski definition) is 2. The Kier molecular flexibility index (Phi) is 7.36. The van der Waals surface area contributed by atoms with Crippen molar-refractivity contribution in [1.29, 1.82) is 0 Å². The highest BCUT2D eigenvalue weighted by Gasteiger charge is 2.34. The van der Waals surface area contributed by atoms with Crippen LogP contribution in [0.4, 0.5) is 0 Å². The van der Waals surface area contributed by atoms with Crippen molar-refractivity contribution in [2.24, 2.45) is 0 Å². The van der Waals surface area contributed by atoms with Crippen LogP contribution in [0.25, 0.3) is 0 Å². The lowest BCUT2D eigenvalue weighted by Gasteiger charge is -2.41. The van der Waals surface area contributed by atoms with E-state index in [1.54, 1.807) is 0 Å². The van der Waals surface area contributed by atoms with Gasteiger partial charge >= 0.3 is 0 Å². The van der Waals surface area contributed by atoms with Crippen molar-refractivity contribution in [3.63, 3.8) is 0 Å². The lowest BCUT2D eigenvalue weighted by Crippen LogP contribution is -2.57. The van der Waals surface area contributed by atoms with Crippen LogP contribution < -0.4 is 5.32 Å². The number of aliphatic hydroxyl groups excluding tert-OH is 1. The first-order chi connectivity index (χ1) is 9.99. The molecule has 21 heavy (non-hydrogen) atoms. The van der Waals surface area contributed by atoms with Crippen LogP contribution in [0.15, 0.2) is 30.3 Å². The maximum absolute atomic E-state index is 10.2. The number of hydrogen-bond acceptors (Lipinski definition) is 3. The van der Waals surface area contributed by atoms with E-state index in [0.29, 0.717) is 12.1 Å². The third-order valence-electron chi connectivity index (χ3n) is 4.25. The highest BCUT2D eigenvalue weighted by Crippen LogP contribution is 2.24. The Morgan fingerprint density at radius 2 is 1.76 bits per heavy atom. The molecule has 2 unspecified atom stereocenters. The van der Waals surface area contributed by atoms with E-state index < -0.39 is 5.54 Å². The van der Waals surface area contributed by atoms with Gasteiger partial charge in [0.2, 0.25) is 0 Å². The second kappa shape index (κ2) is 8.52. The maximum Gasteiger partial charge on any atom is 0.0799 e. The third-order valence-corrected chi connectivity index (χ3v) is 4.25. The van der Waals surface area contributed by atoms with Crippen molar-refractivity contribution < 1.29 is 5.11 Å². The second-order valence-corrected chi connectivity index (χ2v) is 6.23. The lowest BCUT2D eigenvalue weighted by molar-refractivity contribution is 0.0824. The van der Waals surface area contributed by atoms with Crippen LogP contribution in [-0.4, -0.2) is 41.8 Å². The van der Waals surface area contributed by atoms with Crippen LogP contribution in [0.3, 0.4) is 0 Å². The molecular weight excluding hydrogens is 260 g/mol. The van der Waals surface area contributed by atoms with E-state index in [-0.39, 0.29) is 6.61 Å². The summed E-state index contributed by atoms with van der Waals surface area (Å²) in [7, 11) is 0. The standard InChI is InChI=1S/C18H32N2O/c1-6-16(5)20(7-2)13-18(14-21,19-15(3)4)17-11-9-8-10-12-17/h8-12,15-16,19,21H,6-7,13-14H2,1-5H3. The summed E-state index contributed by atoms with van der Waals surface area (Å²) >= 11 is 0. The Bertz CT molecular complexity index is 393. The largest absolute Gasteiger partial charge is 0.394 e. The third kappa shape index (κ3) is 4.80. The molecule has 0 aliphatic heterocycles. The first kappa shape index (κ1) is 18.1. The normalized spacial score (nSPS) is 16.2. The predicted molar refractivity (Wildman–Crippen MR) is 90.5 cm³/mol. The first-order valence-electron chi connectivity index (χ1n) is 8.17. The molecule has 0 saturated carbocycles. The van der Waals surface area contributed by atoms with Gasteiger partial charge in [-0.2, -0.15) is 0 Å². The van der Waals surface area contributed by atoms with E-state index in [1.165, 1.54) is 0 Å². The van der Waals surface area contributed by atoms with Gasteiger partial charge in [-0.15, -0.1) is 0 Å². The lowest BCUT2D eigenvalue weighted by atomic mass is 9.88. The van der Waals surface area contributed by atoms with Crippen molar-refractivity contribution in [1.82, 2.24) is 10.2 Å². The Morgan fingerprint density at radius 3 is 2.19 bits per heavy atom. The van der Waals surface area contributed by atoms with Gasteiger partial charge in [-0.1, -0.05) is 44.2 Å². The van der Waals surface area contributed by atoms with E-state index in [0.717, 1.165) is 25.1 Å². The summed E-state index contributed by atoms with van der Waals surface area (Å²) in [6.45, 7) is 12.8. The topological polar surface area (TPSA) is 35.5 Å². The zero-order valence-corrected chi connectivity index (χ0v) is 14.3. The molecule has 0 saturated heterocycles. The zero-order chi connectivity index (χ0) is 15.9. The highest BCUT2D eigenvalue weighted by atomic mass is 16.3. The molecule has 0 bridgehead atoms. The molecule has 120 valence electrons. The Labute approximate surface area is 130 Å². The minimum atomic E-state index is -0.408. The van der Waals surface area contributed by atoms with Crippen LogP contribution >= 0.6 is 0 Å². The number of aliphatic hydroxyl groups is 1. The van der Waals surface area contributed by atoms with Gasteiger partial charge < -0.3 is 10.4 Å². The van der Waals surface area contributed by atoms with E-state index >= 15 is 0 Å². The molecule has 1 aromatic carbocycles. The fourth-order valence-corrected chi connectivity index (χ4v) is 2.90. The Morgan fingerprint density at radius 1 is 1.14 bits per heavy atom. The van der Waals surface area contributed by atoms with E-state index in [9.17, 15) is 5.11 Å². The highest BCUT2D eigenvalue weighted by molar-refractivity contribution is 5.25. The van der Waals surface area contributed by atoms with Crippen LogP contribution in [0, 0.1) is 0 Å². The van der Waals surface area contributed by atoms with E-state index in [2.05, 4.69) is 57.0 Å². The molecular formula is C18H32N2O. The minimum absolute atomic E-state index is 0.0993. The molecule has 0 aliphatic rings. The minimum Gasteiger partial charge on any atom is -0.394 e. The summed E-state index contributed by atoms with van der Waals surface area (Å²) in [6, 6.07) is 11.1. The summed E-state index contributed by atoms with van der Waals surface area (Å²) in [6.07, 6.45) is 1.12. The van der Waals surface area contributed by atoms with Gasteiger partial charge in [-0.05, 0) is 39.3 Å². The molecule has 0 radical (unpaired) electrons. The van der Waals surface area contributed by atoms with E-state index in [4.69, 9.17) is 0 Å². The molecule has 0 aliphatic carbocycles. The summed E-state index contributed by atoms with van der Waals surface area (Å²) < 4.78 is 0. The fourth-order valence-electron chi connectivity index (χ4n) is 2.90. The van der Waals surface area contributed by atoms with Crippen molar-refractivity contribution in [3.8, 4) is 0 Å². The SMILES string of the molecule is CCC(C)N(CC)CC(CO)(NC(C)C)c1ccccc1. The van der Waals surface area contributed by atoms with Crippen molar-refractivity contribution in [2.45, 2.75) is 58.7 Å². The van der Waals surface area contributed by atoms with E-state index in [1.807, 2.05) is 18.2 Å². The van der Waals surface area contributed by atoms with Crippen molar-refractivity contribution in [3.05, 3.63) is 35.9 Å². The van der Waals surface area contributed by atoms with Crippen molar-refractivity contribution >= 4 is 0 Å². The monoisotopic (exact) mass is 292 g/mol. The molecule has 0 fully saturated rings. The molecule has 2 atom stereocenters. The molecule has 3 heteroatoms. The van der Waals surface area contributed by atoms with Crippen LogP contribution in [0.5, 0.6) is 0 Å². The summed E-state index contributed by atoms with van der Waals surface area (Å²) in [5, 5.41) is 13.8. The molecule has 0 aromatic heterocycles. The fraction of sp³-hybridized carbons (Fsp3) is 0.667. The van der Waals surface area contributed by atoms with Gasteiger partial charge in [0.1, 0.15) is 0 Å². The summed E-state index contributed by atoms with van der Waals surface area (Å²) in [4.78, 5) is 2.44. The predicted octanol–water partition coefficient (Wildman–Crippen LogP) is 2.99. The average molecular weight is 292 g/mol. The summed E-state index contributed by atoms with van der Waals surface area (Å²) in [5.74, 6) is 0. The summed E-state index contributed by atoms with van der Waals surface area (Å²) in [5.41, 5.74) is 0.748. The molecule has 1 rings (SSSR count). The Hall–Kier alpha value is -0.900. The quantitative estimate of drug-likeness (QED) is 0.734.